The van der Waals surface area contributed by atoms with Gasteiger partial charge in [-0.3, -0.25) is 13.8 Å². The van der Waals surface area contributed by atoms with Crippen molar-refractivity contribution in [3.8, 4) is 0 Å². The zero-order chi connectivity index (χ0) is 29.3. The highest BCUT2D eigenvalue weighted by atomic mass is 35.5. The normalized spacial score (nSPS) is 16.9. The average Bonchev–Trinajstić information content (AvgIpc) is 3.67. The Bertz CT molecular complexity index is 1540. The summed E-state index contributed by atoms with van der Waals surface area (Å²) in [5, 5.41) is 19.9. The first kappa shape index (κ1) is 29.5. The quantitative estimate of drug-likeness (QED) is 0.203. The number of carbonyl (C=O) groups is 2. The molecule has 216 valence electrons. The molecule has 41 heavy (non-hydrogen) atoms. The average molecular weight is 616 g/mol. The zero-order valence-electron chi connectivity index (χ0n) is 22.8. The smallest absolute Gasteiger partial charge is 0.256 e. The Morgan fingerprint density at radius 1 is 1.15 bits per heavy atom. The molecule has 1 aromatic heterocycles. The van der Waals surface area contributed by atoms with E-state index in [1.165, 1.54) is 0 Å². The Balaban J connectivity index is 1.31. The highest BCUT2D eigenvalue weighted by Crippen LogP contribution is 2.36. The molecular formula is C30H32Cl2N4O4S. The number of aromatic amines is 1. The number of benzene rings is 2. The lowest BCUT2D eigenvalue weighted by atomic mass is 10.0. The molecule has 2 aromatic carbocycles. The summed E-state index contributed by atoms with van der Waals surface area (Å²) in [6.45, 7) is 4.42. The summed E-state index contributed by atoms with van der Waals surface area (Å²) in [7, 11) is -1.45. The van der Waals surface area contributed by atoms with Gasteiger partial charge >= 0.3 is 0 Å². The van der Waals surface area contributed by atoms with Gasteiger partial charge in [-0.1, -0.05) is 29.3 Å². The first-order valence-corrected chi connectivity index (χ1v) is 15.5. The maximum absolute atomic E-state index is 13.2. The van der Waals surface area contributed by atoms with Gasteiger partial charge in [0.25, 0.3) is 5.91 Å². The van der Waals surface area contributed by atoms with E-state index in [9.17, 15) is 18.9 Å². The van der Waals surface area contributed by atoms with E-state index in [1.54, 1.807) is 42.5 Å². The van der Waals surface area contributed by atoms with Crippen molar-refractivity contribution in [2.24, 2.45) is 0 Å². The molecule has 0 saturated heterocycles. The second-order valence-corrected chi connectivity index (χ2v) is 12.8. The molecule has 0 bridgehead atoms. The van der Waals surface area contributed by atoms with Crippen molar-refractivity contribution in [2.75, 3.05) is 18.4 Å². The van der Waals surface area contributed by atoms with Crippen molar-refractivity contribution in [1.82, 2.24) is 15.6 Å². The van der Waals surface area contributed by atoms with Gasteiger partial charge in [-0.2, -0.15) is 0 Å². The fourth-order valence-electron chi connectivity index (χ4n) is 4.82. The van der Waals surface area contributed by atoms with E-state index in [0.717, 1.165) is 29.7 Å². The van der Waals surface area contributed by atoms with Gasteiger partial charge in [-0.05, 0) is 74.2 Å². The number of amides is 2. The fraction of sp³-hybridized carbons (Fsp3) is 0.333. The molecule has 2 atom stereocenters. The molecule has 2 heterocycles. The van der Waals surface area contributed by atoms with Gasteiger partial charge in [-0.25, -0.2) is 0 Å². The van der Waals surface area contributed by atoms with Gasteiger partial charge in [0.05, 0.1) is 34.7 Å². The number of anilines is 1. The first-order valence-electron chi connectivity index (χ1n) is 13.5. The van der Waals surface area contributed by atoms with Gasteiger partial charge in [0.15, 0.2) is 0 Å². The molecule has 5 rings (SSSR count). The Kier molecular flexibility index (Phi) is 9.01. The molecule has 1 aliphatic heterocycles. The van der Waals surface area contributed by atoms with Crippen LogP contribution in [0.5, 0.6) is 0 Å². The van der Waals surface area contributed by atoms with Crippen molar-refractivity contribution in [1.29, 1.82) is 0 Å². The summed E-state index contributed by atoms with van der Waals surface area (Å²) in [6.07, 6.45) is 3.54. The largest absolute Gasteiger partial charge is 0.390 e. The predicted octanol–water partition coefficient (Wildman–Crippen LogP) is 4.51. The molecule has 3 aromatic rings. The summed E-state index contributed by atoms with van der Waals surface area (Å²) in [5.41, 5.74) is 5.55. The molecule has 1 saturated carbocycles. The Morgan fingerprint density at radius 2 is 1.88 bits per heavy atom. The van der Waals surface area contributed by atoms with E-state index < -0.39 is 16.9 Å². The van der Waals surface area contributed by atoms with Crippen LogP contribution in [0.15, 0.2) is 41.3 Å². The minimum atomic E-state index is -1.45. The van der Waals surface area contributed by atoms with Crippen LogP contribution >= 0.6 is 23.2 Å². The van der Waals surface area contributed by atoms with Crippen LogP contribution in [0.1, 0.15) is 46.5 Å². The fourth-order valence-corrected chi connectivity index (χ4v) is 6.72. The van der Waals surface area contributed by atoms with Crippen LogP contribution in [0.2, 0.25) is 10.0 Å². The van der Waals surface area contributed by atoms with Crippen LogP contribution in [-0.2, 0) is 32.6 Å². The number of fused-ring (bicyclic) bond motifs is 1. The molecule has 2 amide bonds. The van der Waals surface area contributed by atoms with Gasteiger partial charge in [0.1, 0.15) is 0 Å². The second-order valence-electron chi connectivity index (χ2n) is 10.5. The zero-order valence-corrected chi connectivity index (χ0v) is 25.1. The molecule has 2 aliphatic rings. The molecular weight excluding hydrogens is 583 g/mol. The van der Waals surface area contributed by atoms with Crippen molar-refractivity contribution < 1.29 is 18.9 Å². The summed E-state index contributed by atoms with van der Waals surface area (Å²) in [5.74, 6) is -0.307. The third kappa shape index (κ3) is 6.93. The third-order valence-corrected chi connectivity index (χ3v) is 9.42. The minimum Gasteiger partial charge on any atom is -0.390 e. The number of nitrogens with one attached hydrogen (secondary N) is 4. The van der Waals surface area contributed by atoms with Crippen LogP contribution in [0.4, 0.5) is 5.69 Å². The van der Waals surface area contributed by atoms with Crippen molar-refractivity contribution in [3.63, 3.8) is 0 Å². The van der Waals surface area contributed by atoms with Gasteiger partial charge in [0.2, 0.25) is 5.91 Å². The topological polar surface area (TPSA) is 123 Å². The minimum absolute atomic E-state index is 0.145. The molecule has 5 N–H and O–H groups in total. The van der Waals surface area contributed by atoms with Gasteiger partial charge in [0, 0.05) is 62.3 Å². The molecule has 1 fully saturated rings. The van der Waals surface area contributed by atoms with E-state index in [-0.39, 0.29) is 30.5 Å². The van der Waals surface area contributed by atoms with Crippen LogP contribution in [-0.4, -0.2) is 51.3 Å². The Morgan fingerprint density at radius 3 is 2.59 bits per heavy atom. The van der Waals surface area contributed by atoms with Crippen LogP contribution in [0.25, 0.3) is 11.6 Å². The second kappa shape index (κ2) is 12.5. The predicted molar refractivity (Wildman–Crippen MR) is 164 cm³/mol. The number of aliphatic hydroxyl groups excluding tert-OH is 1. The van der Waals surface area contributed by atoms with Crippen molar-refractivity contribution >= 4 is 63.2 Å². The number of aryl methyl sites for hydroxylation is 1. The van der Waals surface area contributed by atoms with Gasteiger partial charge in [-0.15, -0.1) is 0 Å². The lowest BCUT2D eigenvalue weighted by Gasteiger charge is -2.12. The number of carbonyl (C=O) groups excluding carboxylic acids is 2. The van der Waals surface area contributed by atoms with Crippen LogP contribution in [0.3, 0.4) is 0 Å². The molecule has 1 aliphatic carbocycles. The van der Waals surface area contributed by atoms with Crippen LogP contribution < -0.4 is 16.0 Å². The SMILES string of the molecule is Cc1[nH]c(/C=C2\C(=O)Nc3ccc(S(=O)Cc4c(Cl)cccc4Cl)cc32)c(C)c1CC(=O)NCC(O)CNC1CC1. The third-order valence-electron chi connectivity index (χ3n) is 7.39. The summed E-state index contributed by atoms with van der Waals surface area (Å²) >= 11 is 12.6. The maximum Gasteiger partial charge on any atom is 0.256 e. The van der Waals surface area contributed by atoms with Crippen LogP contribution in [0, 0.1) is 13.8 Å². The Hall–Kier alpha value is -2.95. The number of hydrogen-bond acceptors (Lipinski definition) is 5. The lowest BCUT2D eigenvalue weighted by molar-refractivity contribution is -0.120. The lowest BCUT2D eigenvalue weighted by Crippen LogP contribution is -2.39. The van der Waals surface area contributed by atoms with E-state index in [2.05, 4.69) is 20.9 Å². The molecule has 2 unspecified atom stereocenters. The maximum atomic E-state index is 13.2. The number of halogens is 2. The monoisotopic (exact) mass is 614 g/mol. The van der Waals surface area contributed by atoms with E-state index in [0.29, 0.717) is 55.6 Å². The van der Waals surface area contributed by atoms with E-state index >= 15 is 0 Å². The van der Waals surface area contributed by atoms with Gasteiger partial charge < -0.3 is 26.0 Å². The molecule has 0 spiro atoms. The van der Waals surface area contributed by atoms with E-state index in [1.807, 2.05) is 13.8 Å². The standard InChI is InChI=1S/C30H32Cl2N4O4S/c1-16-21(12-29(38)34-14-19(37)13-33-18-6-7-18)17(2)35-28(16)11-23-22-10-20(8-9-27(22)36-30(23)39)41(40)15-24-25(31)4-3-5-26(24)32/h3-5,8-11,18-19,33,35,37H,6-7,12-15H2,1-2H3,(H,34,38)(H,36,39)/b23-11-. The van der Waals surface area contributed by atoms with Crippen molar-refractivity contribution in [3.05, 3.63) is 80.1 Å². The number of aromatic nitrogens is 1. The number of H-pyrrole nitrogens is 1. The first-order chi connectivity index (χ1) is 19.6. The summed E-state index contributed by atoms with van der Waals surface area (Å²) < 4.78 is 13.2. The highest BCUT2D eigenvalue weighted by Gasteiger charge is 2.27. The molecule has 8 nitrogen and oxygen atoms in total. The number of rotatable bonds is 11. The number of hydrogen-bond donors (Lipinski definition) is 5. The molecule has 11 heteroatoms. The number of aliphatic hydroxyl groups is 1. The van der Waals surface area contributed by atoms with E-state index in [4.69, 9.17) is 23.2 Å². The summed E-state index contributed by atoms with van der Waals surface area (Å²) in [6, 6.07) is 10.9. The Labute approximate surface area is 251 Å². The van der Waals surface area contributed by atoms with Crippen molar-refractivity contribution in [2.45, 2.75) is 55.9 Å². The highest BCUT2D eigenvalue weighted by molar-refractivity contribution is 7.84. The molecule has 0 radical (unpaired) electrons. The summed E-state index contributed by atoms with van der Waals surface area (Å²) in [4.78, 5) is 29.4.